The van der Waals surface area contributed by atoms with Gasteiger partial charge in [-0.25, -0.2) is 4.98 Å². The van der Waals surface area contributed by atoms with E-state index in [1.807, 2.05) is 0 Å². The van der Waals surface area contributed by atoms with Gasteiger partial charge in [0.15, 0.2) is 5.13 Å². The molecule has 0 aromatic carbocycles. The Morgan fingerprint density at radius 2 is 2.33 bits per heavy atom. The van der Waals surface area contributed by atoms with Crippen LogP contribution in [0.5, 0.6) is 0 Å². The minimum Gasteiger partial charge on any atom is -0.481 e. The first-order chi connectivity index (χ1) is 8.61. The molecule has 1 aromatic rings. The molecule has 6 heteroatoms. The van der Waals surface area contributed by atoms with Crippen molar-refractivity contribution in [1.82, 2.24) is 4.98 Å². The van der Waals surface area contributed by atoms with Gasteiger partial charge >= 0.3 is 5.97 Å². The van der Waals surface area contributed by atoms with Gasteiger partial charge in [0.25, 0.3) is 0 Å². The first kappa shape index (κ1) is 15.2. The molecule has 1 heterocycles. The zero-order valence-electron chi connectivity index (χ0n) is 10.5. The number of halogens is 1. The van der Waals surface area contributed by atoms with Gasteiger partial charge in [0, 0.05) is 18.3 Å². The molecule has 1 unspecified atom stereocenters. The molecular formula is C12H19ClN2O2S. The average Bonchev–Trinajstić information content (AvgIpc) is 2.72. The van der Waals surface area contributed by atoms with Crippen molar-refractivity contribution in [2.24, 2.45) is 5.92 Å². The van der Waals surface area contributed by atoms with Gasteiger partial charge in [0.05, 0.1) is 0 Å². The number of aliphatic carboxylic acids is 1. The molecule has 0 fully saturated rings. The predicted molar refractivity (Wildman–Crippen MR) is 75.5 cm³/mol. The van der Waals surface area contributed by atoms with Gasteiger partial charge in [0.1, 0.15) is 5.15 Å². The smallest absolute Gasteiger partial charge is 0.303 e. The molecule has 4 nitrogen and oxygen atoms in total. The molecule has 0 spiro atoms. The minimum absolute atomic E-state index is 0.258. The van der Waals surface area contributed by atoms with Crippen LogP contribution in [0.1, 0.15) is 39.0 Å². The lowest BCUT2D eigenvalue weighted by Gasteiger charge is -2.15. The van der Waals surface area contributed by atoms with Crippen molar-refractivity contribution in [3.8, 4) is 0 Å². The van der Waals surface area contributed by atoms with E-state index in [1.165, 1.54) is 11.3 Å². The van der Waals surface area contributed by atoms with Gasteiger partial charge in [-0.3, -0.25) is 4.79 Å². The van der Waals surface area contributed by atoms with E-state index in [0.717, 1.165) is 37.4 Å². The molecule has 1 rings (SSSR count). The molecule has 0 saturated heterocycles. The SMILES string of the molecule is CCCC(CCNc1nc(Cl)cs1)CCC(=O)O. The lowest BCUT2D eigenvalue weighted by molar-refractivity contribution is -0.137. The molecule has 0 amide bonds. The maximum Gasteiger partial charge on any atom is 0.303 e. The highest BCUT2D eigenvalue weighted by atomic mass is 35.5. The number of carboxylic acid groups (broad SMARTS) is 1. The van der Waals surface area contributed by atoms with Crippen LogP contribution < -0.4 is 5.32 Å². The summed E-state index contributed by atoms with van der Waals surface area (Å²) in [6, 6.07) is 0. The number of nitrogens with one attached hydrogen (secondary N) is 1. The number of carboxylic acids is 1. The molecule has 1 aromatic heterocycles. The van der Waals surface area contributed by atoms with E-state index >= 15 is 0 Å². The average molecular weight is 291 g/mol. The molecule has 1 atom stereocenters. The van der Waals surface area contributed by atoms with Gasteiger partial charge in [0.2, 0.25) is 0 Å². The van der Waals surface area contributed by atoms with E-state index in [4.69, 9.17) is 16.7 Å². The lowest BCUT2D eigenvalue weighted by atomic mass is 9.94. The summed E-state index contributed by atoms with van der Waals surface area (Å²) in [5.41, 5.74) is 0. The van der Waals surface area contributed by atoms with Gasteiger partial charge in [-0.2, -0.15) is 0 Å². The van der Waals surface area contributed by atoms with Crippen molar-refractivity contribution >= 4 is 34.0 Å². The van der Waals surface area contributed by atoms with Gasteiger partial charge in [-0.05, 0) is 18.8 Å². The third-order valence-electron chi connectivity index (χ3n) is 2.77. The highest BCUT2D eigenvalue weighted by Gasteiger charge is 2.10. The fourth-order valence-corrected chi connectivity index (χ4v) is 2.75. The van der Waals surface area contributed by atoms with Crippen LogP contribution in [0.3, 0.4) is 0 Å². The fourth-order valence-electron chi connectivity index (χ4n) is 1.89. The van der Waals surface area contributed by atoms with Crippen LogP contribution in [0, 0.1) is 5.92 Å². The molecule has 0 radical (unpaired) electrons. The van der Waals surface area contributed by atoms with Crippen LogP contribution in [0.4, 0.5) is 5.13 Å². The van der Waals surface area contributed by atoms with Gasteiger partial charge in [-0.1, -0.05) is 31.4 Å². The number of rotatable bonds is 9. The minimum atomic E-state index is -0.712. The molecule has 0 aliphatic rings. The van der Waals surface area contributed by atoms with Crippen LogP contribution in [-0.4, -0.2) is 22.6 Å². The number of hydrogen-bond donors (Lipinski definition) is 2. The molecule has 0 aliphatic carbocycles. The maximum absolute atomic E-state index is 10.6. The van der Waals surface area contributed by atoms with Crippen LogP contribution in [-0.2, 0) is 4.79 Å². The molecule has 0 saturated carbocycles. The molecular weight excluding hydrogens is 272 g/mol. The molecule has 0 aliphatic heterocycles. The molecule has 18 heavy (non-hydrogen) atoms. The summed E-state index contributed by atoms with van der Waals surface area (Å²) < 4.78 is 0. The fraction of sp³-hybridized carbons (Fsp3) is 0.667. The second-order valence-electron chi connectivity index (χ2n) is 4.28. The van der Waals surface area contributed by atoms with Gasteiger partial charge in [-0.15, -0.1) is 11.3 Å². The highest BCUT2D eigenvalue weighted by Crippen LogP contribution is 2.21. The molecule has 102 valence electrons. The summed E-state index contributed by atoms with van der Waals surface area (Å²) in [6.45, 7) is 2.94. The topological polar surface area (TPSA) is 62.2 Å². The summed E-state index contributed by atoms with van der Waals surface area (Å²) >= 11 is 7.21. The first-order valence-corrected chi connectivity index (χ1v) is 7.44. The monoisotopic (exact) mass is 290 g/mol. The third-order valence-corrected chi connectivity index (χ3v) is 3.89. The van der Waals surface area contributed by atoms with Crippen LogP contribution in [0.15, 0.2) is 5.38 Å². The van der Waals surface area contributed by atoms with E-state index in [9.17, 15) is 4.79 Å². The Labute approximate surface area is 116 Å². The van der Waals surface area contributed by atoms with Crippen molar-refractivity contribution in [2.45, 2.75) is 39.0 Å². The summed E-state index contributed by atoms with van der Waals surface area (Å²) in [7, 11) is 0. The van der Waals surface area contributed by atoms with Crippen LogP contribution >= 0.6 is 22.9 Å². The Bertz CT molecular complexity index is 371. The Morgan fingerprint density at radius 3 is 2.89 bits per heavy atom. The van der Waals surface area contributed by atoms with Crippen molar-refractivity contribution in [3.05, 3.63) is 10.5 Å². The summed E-state index contributed by atoms with van der Waals surface area (Å²) in [5, 5.41) is 15.0. The maximum atomic E-state index is 10.6. The van der Waals surface area contributed by atoms with E-state index < -0.39 is 5.97 Å². The quantitative estimate of drug-likeness (QED) is 0.724. The van der Waals surface area contributed by atoms with E-state index in [1.54, 1.807) is 5.38 Å². The van der Waals surface area contributed by atoms with Gasteiger partial charge < -0.3 is 10.4 Å². The Morgan fingerprint density at radius 1 is 1.56 bits per heavy atom. The van der Waals surface area contributed by atoms with E-state index in [2.05, 4.69) is 17.2 Å². The second kappa shape index (κ2) is 8.32. The summed E-state index contributed by atoms with van der Waals surface area (Å²) in [4.78, 5) is 14.7. The number of nitrogens with zero attached hydrogens (tertiary/aromatic N) is 1. The summed E-state index contributed by atoms with van der Waals surface area (Å²) in [6.07, 6.45) is 4.15. The van der Waals surface area contributed by atoms with Crippen LogP contribution in [0.25, 0.3) is 0 Å². The number of hydrogen-bond acceptors (Lipinski definition) is 4. The second-order valence-corrected chi connectivity index (χ2v) is 5.52. The summed E-state index contributed by atoms with van der Waals surface area (Å²) in [5.74, 6) is -0.246. The first-order valence-electron chi connectivity index (χ1n) is 6.18. The van der Waals surface area contributed by atoms with E-state index in [0.29, 0.717) is 11.1 Å². The lowest BCUT2D eigenvalue weighted by Crippen LogP contribution is -2.11. The Hall–Kier alpha value is -0.810. The number of carbonyl (C=O) groups is 1. The van der Waals surface area contributed by atoms with Crippen LogP contribution in [0.2, 0.25) is 5.15 Å². The predicted octanol–water partition coefficient (Wildman–Crippen LogP) is 3.88. The van der Waals surface area contributed by atoms with E-state index in [-0.39, 0.29) is 6.42 Å². The van der Waals surface area contributed by atoms with Crippen molar-refractivity contribution in [3.63, 3.8) is 0 Å². The number of thiazole rings is 1. The van der Waals surface area contributed by atoms with Crippen molar-refractivity contribution in [1.29, 1.82) is 0 Å². The number of aromatic nitrogens is 1. The normalized spacial score (nSPS) is 12.3. The number of anilines is 1. The van der Waals surface area contributed by atoms with Crippen molar-refractivity contribution < 1.29 is 9.90 Å². The zero-order chi connectivity index (χ0) is 13.4. The Balaban J connectivity index is 2.26. The Kier molecular flexibility index (Phi) is 7.05. The molecule has 2 N–H and O–H groups in total. The third kappa shape index (κ3) is 6.21. The largest absolute Gasteiger partial charge is 0.481 e. The highest BCUT2D eigenvalue weighted by molar-refractivity contribution is 7.14. The standard InChI is InChI=1S/C12H19ClN2O2S/c1-2-3-9(4-5-11(16)17)6-7-14-12-15-10(13)8-18-12/h8-9H,2-7H2,1H3,(H,14,15)(H,16,17). The van der Waals surface area contributed by atoms with Crippen molar-refractivity contribution in [2.75, 3.05) is 11.9 Å². The molecule has 0 bridgehead atoms. The zero-order valence-corrected chi connectivity index (χ0v) is 12.1.